The van der Waals surface area contributed by atoms with Crippen molar-refractivity contribution in [1.82, 2.24) is 4.72 Å². The van der Waals surface area contributed by atoms with Gasteiger partial charge in [-0.1, -0.05) is 54.1 Å². The smallest absolute Gasteiger partial charge is 0.355 e. The third-order valence-electron chi connectivity index (χ3n) is 4.74. The topological polar surface area (TPSA) is 75.3 Å². The monoisotopic (exact) mass is 496 g/mol. The molecule has 0 aliphatic heterocycles. The van der Waals surface area contributed by atoms with E-state index >= 15 is 0 Å². The number of para-hydroxylation sites is 1. The lowest BCUT2D eigenvalue weighted by Crippen LogP contribution is -2.33. The number of carbonyl (C=O) groups is 1. The van der Waals surface area contributed by atoms with Gasteiger partial charge in [0.15, 0.2) is 11.5 Å². The van der Waals surface area contributed by atoms with Crippen LogP contribution in [0.1, 0.15) is 27.0 Å². The molecular formula is C23H20ClF3N2O3S. The standard InChI is InChI=1S/C23H20ClF3N2O3S/c1-15-6-2-4-8-18(15)22(30)19-11-10-17(12-20(19)24)29-21-9-5-3-7-16(21)13-28-33(31,32)14-23(25,26)27/h2-12,28-29H,13-14H2,1H3. The zero-order valence-electron chi connectivity index (χ0n) is 17.4. The average Bonchev–Trinajstić information content (AvgIpc) is 2.71. The Morgan fingerprint density at radius 2 is 1.64 bits per heavy atom. The number of anilines is 2. The van der Waals surface area contributed by atoms with Gasteiger partial charge in [-0.25, -0.2) is 13.1 Å². The lowest BCUT2D eigenvalue weighted by Gasteiger charge is -2.15. The van der Waals surface area contributed by atoms with Crippen LogP contribution in [0, 0.1) is 6.92 Å². The Morgan fingerprint density at radius 3 is 2.30 bits per heavy atom. The number of rotatable bonds is 8. The number of aryl methyl sites for hydroxylation is 1. The fraction of sp³-hybridized carbons (Fsp3) is 0.174. The Kier molecular flexibility index (Phi) is 7.46. The number of hydrogen-bond donors (Lipinski definition) is 2. The van der Waals surface area contributed by atoms with Crippen LogP contribution in [0.15, 0.2) is 66.7 Å². The van der Waals surface area contributed by atoms with Gasteiger partial charge in [0.25, 0.3) is 0 Å². The summed E-state index contributed by atoms with van der Waals surface area (Å²) < 4.78 is 62.6. The minimum Gasteiger partial charge on any atom is -0.355 e. The van der Waals surface area contributed by atoms with Gasteiger partial charge in [-0.05, 0) is 42.3 Å². The predicted molar refractivity (Wildman–Crippen MR) is 122 cm³/mol. The van der Waals surface area contributed by atoms with E-state index in [1.165, 1.54) is 0 Å². The number of sulfonamides is 1. The quantitative estimate of drug-likeness (QED) is 0.398. The van der Waals surface area contributed by atoms with E-state index in [-0.39, 0.29) is 17.4 Å². The van der Waals surface area contributed by atoms with Crippen LogP contribution >= 0.6 is 11.6 Å². The maximum Gasteiger partial charge on any atom is 0.404 e. The first-order valence-corrected chi connectivity index (χ1v) is 11.8. The van der Waals surface area contributed by atoms with Gasteiger partial charge < -0.3 is 5.32 Å². The lowest BCUT2D eigenvalue weighted by molar-refractivity contribution is -0.106. The summed E-state index contributed by atoms with van der Waals surface area (Å²) in [5.41, 5.74) is 3.11. The fourth-order valence-electron chi connectivity index (χ4n) is 3.16. The van der Waals surface area contributed by atoms with Gasteiger partial charge in [0, 0.05) is 29.0 Å². The number of carbonyl (C=O) groups excluding carboxylic acids is 1. The fourth-order valence-corrected chi connectivity index (χ4v) is 4.33. The molecule has 0 heterocycles. The Bertz CT molecular complexity index is 1280. The van der Waals surface area contributed by atoms with Gasteiger partial charge in [-0.3, -0.25) is 4.79 Å². The second kappa shape index (κ2) is 9.94. The van der Waals surface area contributed by atoms with Gasteiger partial charge in [0.05, 0.1) is 5.02 Å². The Labute approximate surface area is 194 Å². The summed E-state index contributed by atoms with van der Waals surface area (Å²) in [4.78, 5) is 12.8. The summed E-state index contributed by atoms with van der Waals surface area (Å²) in [7, 11) is -4.54. The van der Waals surface area contributed by atoms with Gasteiger partial charge in [-0.15, -0.1) is 0 Å². The van der Waals surface area contributed by atoms with E-state index in [9.17, 15) is 26.4 Å². The Balaban J connectivity index is 1.77. The molecule has 0 atom stereocenters. The highest BCUT2D eigenvalue weighted by Crippen LogP contribution is 2.28. The Hall–Kier alpha value is -2.88. The van der Waals surface area contributed by atoms with Crippen molar-refractivity contribution in [3.05, 3.63) is 94.0 Å². The van der Waals surface area contributed by atoms with Crippen LogP contribution in [-0.2, 0) is 16.6 Å². The molecule has 0 aromatic heterocycles. The summed E-state index contributed by atoms with van der Waals surface area (Å²) in [5, 5.41) is 3.28. The molecule has 0 bridgehead atoms. The molecule has 0 fully saturated rings. The van der Waals surface area contributed by atoms with E-state index in [1.807, 2.05) is 23.8 Å². The number of halogens is 4. The van der Waals surface area contributed by atoms with Crippen molar-refractivity contribution in [1.29, 1.82) is 0 Å². The third-order valence-corrected chi connectivity index (χ3v) is 6.34. The van der Waals surface area contributed by atoms with E-state index in [0.29, 0.717) is 28.1 Å². The molecule has 33 heavy (non-hydrogen) atoms. The highest BCUT2D eigenvalue weighted by Gasteiger charge is 2.34. The average molecular weight is 497 g/mol. The van der Waals surface area contributed by atoms with Gasteiger partial charge >= 0.3 is 6.18 Å². The van der Waals surface area contributed by atoms with Crippen molar-refractivity contribution in [3.8, 4) is 0 Å². The highest BCUT2D eigenvalue weighted by molar-refractivity contribution is 7.89. The Morgan fingerprint density at radius 1 is 0.970 bits per heavy atom. The van der Waals surface area contributed by atoms with Gasteiger partial charge in [-0.2, -0.15) is 13.2 Å². The first-order valence-electron chi connectivity index (χ1n) is 9.74. The highest BCUT2D eigenvalue weighted by atomic mass is 35.5. The summed E-state index contributed by atoms with van der Waals surface area (Å²) in [5.74, 6) is -2.18. The van der Waals surface area contributed by atoms with Crippen LogP contribution < -0.4 is 10.0 Å². The number of alkyl halides is 3. The van der Waals surface area contributed by atoms with Crippen LogP contribution in [0.5, 0.6) is 0 Å². The van der Waals surface area contributed by atoms with Crippen molar-refractivity contribution in [3.63, 3.8) is 0 Å². The van der Waals surface area contributed by atoms with Crippen LogP contribution in [-0.4, -0.2) is 26.1 Å². The SMILES string of the molecule is Cc1ccccc1C(=O)c1ccc(Nc2ccccc2CNS(=O)(=O)CC(F)(F)F)cc1Cl. The van der Waals surface area contributed by atoms with E-state index in [1.54, 1.807) is 54.6 Å². The van der Waals surface area contributed by atoms with Crippen LogP contribution in [0.3, 0.4) is 0 Å². The summed E-state index contributed by atoms with van der Waals surface area (Å²) >= 11 is 6.36. The second-order valence-corrected chi connectivity index (χ2v) is 9.53. The van der Waals surface area contributed by atoms with E-state index in [4.69, 9.17) is 11.6 Å². The molecule has 3 rings (SSSR count). The predicted octanol–water partition coefficient (Wildman–Crippen LogP) is 5.60. The number of nitrogens with one attached hydrogen (secondary N) is 2. The zero-order valence-corrected chi connectivity index (χ0v) is 19.0. The molecule has 5 nitrogen and oxygen atoms in total. The van der Waals surface area contributed by atoms with Crippen molar-refractivity contribution in [2.24, 2.45) is 0 Å². The zero-order chi connectivity index (χ0) is 24.2. The maximum atomic E-state index is 12.8. The molecule has 0 spiro atoms. The third kappa shape index (κ3) is 6.80. The largest absolute Gasteiger partial charge is 0.404 e. The molecule has 0 unspecified atom stereocenters. The van der Waals surface area contributed by atoms with E-state index < -0.39 is 22.0 Å². The minimum absolute atomic E-state index is 0.218. The summed E-state index contributed by atoms with van der Waals surface area (Å²) in [6.07, 6.45) is -4.84. The molecule has 3 aromatic rings. The van der Waals surface area contributed by atoms with Crippen molar-refractivity contribution in [2.75, 3.05) is 11.1 Å². The second-order valence-electron chi connectivity index (χ2n) is 7.32. The summed E-state index contributed by atoms with van der Waals surface area (Å²) in [6, 6.07) is 18.5. The van der Waals surface area contributed by atoms with Crippen molar-refractivity contribution in [2.45, 2.75) is 19.6 Å². The molecule has 0 saturated heterocycles. The number of hydrogen-bond acceptors (Lipinski definition) is 4. The van der Waals surface area contributed by atoms with Crippen molar-refractivity contribution >= 4 is 38.8 Å². The van der Waals surface area contributed by atoms with Gasteiger partial charge in [0.1, 0.15) is 0 Å². The lowest BCUT2D eigenvalue weighted by atomic mass is 9.99. The van der Waals surface area contributed by atoms with Crippen LogP contribution in [0.4, 0.5) is 24.5 Å². The van der Waals surface area contributed by atoms with E-state index in [2.05, 4.69) is 5.32 Å². The van der Waals surface area contributed by atoms with E-state index in [0.717, 1.165) is 5.56 Å². The molecule has 0 radical (unpaired) electrons. The first kappa shape index (κ1) is 24.8. The molecule has 0 saturated carbocycles. The summed E-state index contributed by atoms with van der Waals surface area (Å²) in [6.45, 7) is 1.50. The molecular weight excluding hydrogens is 477 g/mol. The molecule has 10 heteroatoms. The first-order chi connectivity index (χ1) is 15.5. The maximum absolute atomic E-state index is 12.8. The molecule has 0 amide bonds. The molecule has 2 N–H and O–H groups in total. The molecule has 3 aromatic carbocycles. The number of ketones is 1. The van der Waals surface area contributed by atoms with Crippen molar-refractivity contribution < 1.29 is 26.4 Å². The van der Waals surface area contributed by atoms with Crippen LogP contribution in [0.2, 0.25) is 5.02 Å². The molecule has 0 aliphatic carbocycles. The van der Waals surface area contributed by atoms with Crippen LogP contribution in [0.25, 0.3) is 0 Å². The number of benzene rings is 3. The molecule has 174 valence electrons. The van der Waals surface area contributed by atoms with Gasteiger partial charge in [0.2, 0.25) is 10.0 Å². The normalized spacial score (nSPS) is 11.9. The molecule has 0 aliphatic rings. The minimum atomic E-state index is -4.84.